The average Bonchev–Trinajstić information content (AvgIpc) is 2.17. The number of hydrogen-bond donors (Lipinski definition) is 2. The highest BCUT2D eigenvalue weighted by Gasteiger charge is 2.40. The molecule has 0 bridgehead atoms. The standard InChI is InChI=1S/C11H23N3O/c1-4-9(2)13-11(10(12)15)6-5-7-14(3)8-11/h9,13H,4-8H2,1-3H3,(H2,12,15). The predicted molar refractivity (Wildman–Crippen MR) is 61.5 cm³/mol. The van der Waals surface area contributed by atoms with E-state index in [0.717, 1.165) is 32.4 Å². The second-order valence-electron chi connectivity index (χ2n) is 4.74. The van der Waals surface area contributed by atoms with E-state index in [1.165, 1.54) is 0 Å². The SMILES string of the molecule is CCC(C)NC1(C(N)=O)CCCN(C)C1. The summed E-state index contributed by atoms with van der Waals surface area (Å²) in [6.07, 6.45) is 2.90. The molecule has 0 aromatic rings. The fourth-order valence-corrected chi connectivity index (χ4v) is 2.23. The highest BCUT2D eigenvalue weighted by atomic mass is 16.1. The van der Waals surface area contributed by atoms with Gasteiger partial charge in [0.25, 0.3) is 0 Å². The second kappa shape index (κ2) is 4.94. The molecule has 88 valence electrons. The van der Waals surface area contributed by atoms with E-state index >= 15 is 0 Å². The van der Waals surface area contributed by atoms with Crippen LogP contribution in [-0.4, -0.2) is 42.5 Å². The van der Waals surface area contributed by atoms with Crippen molar-refractivity contribution in [3.8, 4) is 0 Å². The van der Waals surface area contributed by atoms with Gasteiger partial charge in [-0.1, -0.05) is 6.92 Å². The summed E-state index contributed by atoms with van der Waals surface area (Å²) in [5.41, 5.74) is 5.03. The zero-order valence-electron chi connectivity index (χ0n) is 10.0. The maximum atomic E-state index is 11.6. The first-order valence-corrected chi connectivity index (χ1v) is 5.76. The molecular weight excluding hydrogens is 190 g/mol. The summed E-state index contributed by atoms with van der Waals surface area (Å²) in [5.74, 6) is -0.214. The molecule has 4 nitrogen and oxygen atoms in total. The molecule has 1 saturated heterocycles. The highest BCUT2D eigenvalue weighted by molar-refractivity contribution is 5.85. The van der Waals surface area contributed by atoms with Crippen LogP contribution in [0.1, 0.15) is 33.1 Å². The van der Waals surface area contributed by atoms with E-state index in [4.69, 9.17) is 5.73 Å². The zero-order chi connectivity index (χ0) is 11.5. The molecule has 2 unspecified atom stereocenters. The first kappa shape index (κ1) is 12.5. The van der Waals surface area contributed by atoms with Crippen LogP contribution in [-0.2, 0) is 4.79 Å². The summed E-state index contributed by atoms with van der Waals surface area (Å²) in [6, 6.07) is 0.337. The summed E-state index contributed by atoms with van der Waals surface area (Å²) in [7, 11) is 2.04. The van der Waals surface area contributed by atoms with Gasteiger partial charge < -0.3 is 10.6 Å². The van der Waals surface area contributed by atoms with Crippen LogP contribution in [0.15, 0.2) is 0 Å². The summed E-state index contributed by atoms with van der Waals surface area (Å²) < 4.78 is 0. The van der Waals surface area contributed by atoms with Crippen molar-refractivity contribution in [1.29, 1.82) is 0 Å². The number of nitrogens with one attached hydrogen (secondary N) is 1. The van der Waals surface area contributed by atoms with E-state index in [1.54, 1.807) is 0 Å². The Morgan fingerprint density at radius 3 is 2.80 bits per heavy atom. The maximum absolute atomic E-state index is 11.6. The van der Waals surface area contributed by atoms with Crippen molar-refractivity contribution >= 4 is 5.91 Å². The fourth-order valence-electron chi connectivity index (χ4n) is 2.23. The van der Waals surface area contributed by atoms with Gasteiger partial charge in [0.2, 0.25) is 5.91 Å². The Bertz CT molecular complexity index is 232. The van der Waals surface area contributed by atoms with Crippen molar-refractivity contribution in [2.24, 2.45) is 5.73 Å². The molecule has 15 heavy (non-hydrogen) atoms. The minimum Gasteiger partial charge on any atom is -0.368 e. The van der Waals surface area contributed by atoms with Crippen molar-refractivity contribution < 1.29 is 4.79 Å². The Labute approximate surface area is 92.2 Å². The van der Waals surface area contributed by atoms with E-state index in [1.807, 2.05) is 7.05 Å². The number of nitrogens with zero attached hydrogens (tertiary/aromatic N) is 1. The third-order valence-electron chi connectivity index (χ3n) is 3.29. The summed E-state index contributed by atoms with van der Waals surface area (Å²) in [6.45, 7) is 5.99. The number of carbonyl (C=O) groups excluding carboxylic acids is 1. The molecule has 1 amide bonds. The van der Waals surface area contributed by atoms with Crippen LogP contribution in [0.4, 0.5) is 0 Å². The van der Waals surface area contributed by atoms with Crippen LogP contribution in [0, 0.1) is 0 Å². The molecule has 4 heteroatoms. The molecule has 0 spiro atoms. The van der Waals surface area contributed by atoms with Gasteiger partial charge in [-0.25, -0.2) is 0 Å². The Morgan fingerprint density at radius 2 is 2.33 bits per heavy atom. The van der Waals surface area contributed by atoms with Crippen LogP contribution in [0.25, 0.3) is 0 Å². The number of hydrogen-bond acceptors (Lipinski definition) is 3. The maximum Gasteiger partial charge on any atom is 0.239 e. The van der Waals surface area contributed by atoms with Crippen LogP contribution in [0.2, 0.25) is 0 Å². The molecule has 0 aromatic carbocycles. The van der Waals surface area contributed by atoms with E-state index in [-0.39, 0.29) is 5.91 Å². The largest absolute Gasteiger partial charge is 0.368 e. The van der Waals surface area contributed by atoms with Gasteiger partial charge in [0.1, 0.15) is 5.54 Å². The molecule has 0 radical (unpaired) electrons. The lowest BCUT2D eigenvalue weighted by Gasteiger charge is -2.41. The smallest absolute Gasteiger partial charge is 0.239 e. The lowest BCUT2D eigenvalue weighted by Crippen LogP contribution is -2.65. The van der Waals surface area contributed by atoms with E-state index in [2.05, 4.69) is 24.1 Å². The number of likely N-dealkylation sites (N-methyl/N-ethyl adjacent to an activating group) is 1. The molecule has 3 N–H and O–H groups in total. The third-order valence-corrected chi connectivity index (χ3v) is 3.29. The van der Waals surface area contributed by atoms with Crippen molar-refractivity contribution in [3.63, 3.8) is 0 Å². The number of amides is 1. The van der Waals surface area contributed by atoms with Crippen LogP contribution in [0.5, 0.6) is 0 Å². The van der Waals surface area contributed by atoms with Gasteiger partial charge in [-0.15, -0.1) is 0 Å². The van der Waals surface area contributed by atoms with Crippen LogP contribution in [0.3, 0.4) is 0 Å². The first-order chi connectivity index (χ1) is 7.00. The van der Waals surface area contributed by atoms with Crippen molar-refractivity contribution in [1.82, 2.24) is 10.2 Å². The molecule has 0 aliphatic carbocycles. The molecule has 0 saturated carbocycles. The summed E-state index contributed by atoms with van der Waals surface area (Å²) in [5, 5.41) is 3.40. The molecule has 1 heterocycles. The number of carbonyl (C=O) groups is 1. The zero-order valence-corrected chi connectivity index (χ0v) is 10.0. The minimum atomic E-state index is -0.511. The van der Waals surface area contributed by atoms with E-state index in [0.29, 0.717) is 6.04 Å². The number of piperidine rings is 1. The molecule has 1 rings (SSSR count). The highest BCUT2D eigenvalue weighted by Crippen LogP contribution is 2.21. The second-order valence-corrected chi connectivity index (χ2v) is 4.74. The van der Waals surface area contributed by atoms with Gasteiger partial charge in [-0.05, 0) is 39.8 Å². The lowest BCUT2D eigenvalue weighted by molar-refractivity contribution is -0.127. The molecule has 2 atom stereocenters. The van der Waals surface area contributed by atoms with Gasteiger partial charge in [0.15, 0.2) is 0 Å². The molecular formula is C11H23N3O. The summed E-state index contributed by atoms with van der Waals surface area (Å²) >= 11 is 0. The monoisotopic (exact) mass is 213 g/mol. The Kier molecular flexibility index (Phi) is 4.11. The predicted octanol–water partition coefficient (Wildman–Crippen LogP) is 0.324. The summed E-state index contributed by atoms with van der Waals surface area (Å²) in [4.78, 5) is 13.8. The Morgan fingerprint density at radius 1 is 1.67 bits per heavy atom. The number of rotatable bonds is 4. The number of likely N-dealkylation sites (tertiary alicyclic amines) is 1. The molecule has 0 aromatic heterocycles. The van der Waals surface area contributed by atoms with Crippen LogP contribution < -0.4 is 11.1 Å². The fraction of sp³-hybridized carbons (Fsp3) is 0.909. The topological polar surface area (TPSA) is 58.4 Å². The number of nitrogens with two attached hydrogens (primary N) is 1. The Hall–Kier alpha value is -0.610. The van der Waals surface area contributed by atoms with Gasteiger partial charge in [0.05, 0.1) is 0 Å². The van der Waals surface area contributed by atoms with Gasteiger partial charge >= 0.3 is 0 Å². The van der Waals surface area contributed by atoms with Gasteiger partial charge in [-0.3, -0.25) is 10.1 Å². The Balaban J connectivity index is 2.73. The normalized spacial score (nSPS) is 30.1. The minimum absolute atomic E-state index is 0.214. The van der Waals surface area contributed by atoms with Crippen LogP contribution >= 0.6 is 0 Å². The lowest BCUT2D eigenvalue weighted by atomic mass is 9.87. The number of primary amides is 1. The van der Waals surface area contributed by atoms with Gasteiger partial charge in [0, 0.05) is 12.6 Å². The van der Waals surface area contributed by atoms with Crippen molar-refractivity contribution in [3.05, 3.63) is 0 Å². The quantitative estimate of drug-likeness (QED) is 0.707. The van der Waals surface area contributed by atoms with Gasteiger partial charge in [-0.2, -0.15) is 0 Å². The van der Waals surface area contributed by atoms with Crippen molar-refractivity contribution in [2.45, 2.75) is 44.7 Å². The third kappa shape index (κ3) is 2.92. The van der Waals surface area contributed by atoms with E-state index < -0.39 is 5.54 Å². The van der Waals surface area contributed by atoms with Crippen molar-refractivity contribution in [2.75, 3.05) is 20.1 Å². The molecule has 1 aliphatic heterocycles. The molecule has 1 aliphatic rings. The average molecular weight is 213 g/mol. The first-order valence-electron chi connectivity index (χ1n) is 5.76. The van der Waals surface area contributed by atoms with E-state index in [9.17, 15) is 4.79 Å². The molecule has 1 fully saturated rings.